The fraction of sp³-hybridized carbons (Fsp3) is 0.615. The molecule has 0 aromatic heterocycles. The monoisotopic (exact) mass is 520 g/mol. The van der Waals surface area contributed by atoms with E-state index in [0.717, 1.165) is 0 Å². The van der Waals surface area contributed by atoms with Gasteiger partial charge in [-0.3, -0.25) is 9.59 Å². The van der Waals surface area contributed by atoms with Crippen LogP contribution in [0.15, 0.2) is 12.1 Å². The molecule has 3 heterocycles. The van der Waals surface area contributed by atoms with Crippen LogP contribution >= 0.6 is 0 Å². The Hall–Kier alpha value is -3.29. The summed E-state index contributed by atoms with van der Waals surface area (Å²) in [7, 11) is 0. The summed E-state index contributed by atoms with van der Waals surface area (Å²) in [4.78, 5) is 42.4. The number of ether oxygens (including phenoxy) is 1. The molecule has 4 atom stereocenters. The number of hydrogen-bond acceptors (Lipinski definition) is 5. The van der Waals surface area contributed by atoms with Crippen molar-refractivity contribution in [1.29, 1.82) is 5.26 Å². The van der Waals surface area contributed by atoms with Crippen LogP contribution in [0.5, 0.6) is 0 Å². The van der Waals surface area contributed by atoms with Crippen LogP contribution in [0, 0.1) is 34.7 Å². The van der Waals surface area contributed by atoms with Crippen molar-refractivity contribution >= 4 is 17.9 Å². The Bertz CT molecular complexity index is 1120. The molecule has 3 aliphatic rings. The second kappa shape index (κ2) is 10.2. The van der Waals surface area contributed by atoms with Crippen LogP contribution in [-0.2, 0) is 9.53 Å². The van der Waals surface area contributed by atoms with Gasteiger partial charge < -0.3 is 19.9 Å². The van der Waals surface area contributed by atoms with Gasteiger partial charge in [0.25, 0.3) is 5.91 Å². The minimum atomic E-state index is -1.37. The number of rotatable bonds is 4. The number of amides is 3. The molecule has 0 aliphatic carbocycles. The maximum absolute atomic E-state index is 14.4. The fourth-order valence-electron chi connectivity index (χ4n) is 5.81. The lowest BCUT2D eigenvalue weighted by Gasteiger charge is -2.42. The van der Waals surface area contributed by atoms with Gasteiger partial charge in [0.15, 0.2) is 11.6 Å². The molecule has 3 aliphatic heterocycles. The molecule has 2 unspecified atom stereocenters. The SMILES string of the molecule is CC(C)(C)OC(=O)N[C@H](C(=O)N1CCC[C@H]1C#N)C1CC2CCC(C1)N2C(=O)c1cc(F)c(F)cc1F. The second-order valence-corrected chi connectivity index (χ2v) is 11.0. The van der Waals surface area contributed by atoms with Gasteiger partial charge in [-0.15, -0.1) is 0 Å². The molecule has 1 aromatic rings. The van der Waals surface area contributed by atoms with Gasteiger partial charge in [-0.05, 0) is 71.3 Å². The van der Waals surface area contributed by atoms with Gasteiger partial charge in [0.05, 0.1) is 11.6 Å². The lowest BCUT2D eigenvalue weighted by atomic mass is 9.83. The summed E-state index contributed by atoms with van der Waals surface area (Å²) in [6, 6.07) is 0.789. The molecule has 2 bridgehead atoms. The van der Waals surface area contributed by atoms with E-state index in [1.54, 1.807) is 20.8 Å². The highest BCUT2D eigenvalue weighted by molar-refractivity contribution is 5.95. The zero-order valence-corrected chi connectivity index (χ0v) is 21.1. The van der Waals surface area contributed by atoms with Crippen molar-refractivity contribution < 1.29 is 32.3 Å². The number of likely N-dealkylation sites (tertiary alicyclic amines) is 1. The Labute approximate surface area is 213 Å². The normalized spacial score (nSPS) is 26.0. The summed E-state index contributed by atoms with van der Waals surface area (Å²) in [5, 5.41) is 12.2. The number of fused-ring (bicyclic) bond motifs is 2. The predicted molar refractivity (Wildman–Crippen MR) is 126 cm³/mol. The lowest BCUT2D eigenvalue weighted by Crippen LogP contribution is -2.58. The van der Waals surface area contributed by atoms with E-state index < -0.39 is 52.7 Å². The molecule has 1 N–H and O–H groups in total. The first-order valence-electron chi connectivity index (χ1n) is 12.6. The zero-order chi connectivity index (χ0) is 27.1. The Morgan fingerprint density at radius 3 is 2.27 bits per heavy atom. The minimum absolute atomic E-state index is 0.338. The molecule has 11 heteroatoms. The Kier molecular flexibility index (Phi) is 7.40. The number of halogens is 3. The largest absolute Gasteiger partial charge is 0.444 e. The van der Waals surface area contributed by atoms with Gasteiger partial charge in [0.2, 0.25) is 5.91 Å². The third kappa shape index (κ3) is 5.53. The van der Waals surface area contributed by atoms with E-state index in [1.165, 1.54) is 9.80 Å². The zero-order valence-electron chi connectivity index (χ0n) is 21.1. The van der Waals surface area contributed by atoms with Crippen molar-refractivity contribution in [3.05, 3.63) is 35.1 Å². The van der Waals surface area contributed by atoms with E-state index >= 15 is 0 Å². The minimum Gasteiger partial charge on any atom is -0.444 e. The molecule has 4 rings (SSSR count). The van der Waals surface area contributed by atoms with E-state index in [0.29, 0.717) is 57.2 Å². The average Bonchev–Trinajstić information content (AvgIpc) is 3.39. The third-order valence-electron chi connectivity index (χ3n) is 7.34. The first-order valence-corrected chi connectivity index (χ1v) is 12.6. The predicted octanol–water partition coefficient (Wildman–Crippen LogP) is 3.89. The Morgan fingerprint density at radius 1 is 1.05 bits per heavy atom. The third-order valence-corrected chi connectivity index (χ3v) is 7.34. The fourth-order valence-corrected chi connectivity index (χ4v) is 5.81. The van der Waals surface area contributed by atoms with Gasteiger partial charge in [0.1, 0.15) is 23.5 Å². The van der Waals surface area contributed by atoms with E-state index in [1.807, 2.05) is 0 Å². The van der Waals surface area contributed by atoms with Crippen molar-refractivity contribution in [2.75, 3.05) is 6.54 Å². The van der Waals surface area contributed by atoms with Crippen molar-refractivity contribution in [3.63, 3.8) is 0 Å². The van der Waals surface area contributed by atoms with E-state index in [-0.39, 0.29) is 23.9 Å². The Balaban J connectivity index is 1.56. The number of nitrogens with zero attached hydrogens (tertiary/aromatic N) is 3. The standard InChI is InChI=1S/C26H31F3N4O4/c1-26(2,3)37-25(36)31-22(24(35)32-8-4-5-17(32)13-30)14-9-15-6-7-16(10-14)33(15)23(34)18-11-20(28)21(29)12-19(18)27/h11-12,14-17,22H,4-10H2,1-3H3,(H,31,36)/t14?,15?,16?,17-,22-/m0/s1. The molecule has 0 spiro atoms. The van der Waals surface area contributed by atoms with Gasteiger partial charge in [0, 0.05) is 24.7 Å². The van der Waals surface area contributed by atoms with Crippen LogP contribution in [0.4, 0.5) is 18.0 Å². The molecule has 1 aromatic carbocycles. The maximum Gasteiger partial charge on any atom is 0.408 e. The lowest BCUT2D eigenvalue weighted by molar-refractivity contribution is -0.135. The number of carbonyl (C=O) groups is 3. The summed E-state index contributed by atoms with van der Waals surface area (Å²) in [6.07, 6.45) is 2.34. The highest BCUT2D eigenvalue weighted by atomic mass is 19.2. The van der Waals surface area contributed by atoms with E-state index in [4.69, 9.17) is 4.74 Å². The molecule has 3 saturated heterocycles. The van der Waals surface area contributed by atoms with Crippen LogP contribution in [0.2, 0.25) is 0 Å². The smallest absolute Gasteiger partial charge is 0.408 e. The van der Waals surface area contributed by atoms with Gasteiger partial charge in [-0.2, -0.15) is 5.26 Å². The number of piperidine rings is 1. The van der Waals surface area contributed by atoms with Crippen LogP contribution < -0.4 is 5.32 Å². The van der Waals surface area contributed by atoms with Gasteiger partial charge in [-0.25, -0.2) is 18.0 Å². The van der Waals surface area contributed by atoms with Gasteiger partial charge in [-0.1, -0.05) is 0 Å². The highest BCUT2D eigenvalue weighted by Gasteiger charge is 2.49. The maximum atomic E-state index is 14.4. The molecule has 3 amide bonds. The molecule has 3 fully saturated rings. The summed E-state index contributed by atoms with van der Waals surface area (Å²) >= 11 is 0. The average molecular weight is 521 g/mol. The molecule has 200 valence electrons. The van der Waals surface area contributed by atoms with E-state index in [2.05, 4.69) is 11.4 Å². The number of nitriles is 1. The first-order chi connectivity index (χ1) is 17.4. The first kappa shape index (κ1) is 26.8. The number of hydrogen-bond donors (Lipinski definition) is 1. The highest BCUT2D eigenvalue weighted by Crippen LogP contribution is 2.41. The van der Waals surface area contributed by atoms with Gasteiger partial charge >= 0.3 is 6.09 Å². The summed E-state index contributed by atoms with van der Waals surface area (Å²) in [6.45, 7) is 5.52. The van der Waals surface area contributed by atoms with Crippen LogP contribution in [0.25, 0.3) is 0 Å². The second-order valence-electron chi connectivity index (χ2n) is 11.0. The molecule has 0 radical (unpaired) electrons. The van der Waals surface area contributed by atoms with Crippen molar-refractivity contribution in [1.82, 2.24) is 15.1 Å². The number of carbonyl (C=O) groups excluding carboxylic acids is 3. The van der Waals surface area contributed by atoms with Crippen molar-refractivity contribution in [3.8, 4) is 6.07 Å². The quantitative estimate of drug-likeness (QED) is 0.607. The van der Waals surface area contributed by atoms with Crippen LogP contribution in [-0.4, -0.2) is 64.0 Å². The van der Waals surface area contributed by atoms with Crippen molar-refractivity contribution in [2.24, 2.45) is 5.92 Å². The van der Waals surface area contributed by atoms with Crippen LogP contribution in [0.3, 0.4) is 0 Å². The molecule has 8 nitrogen and oxygen atoms in total. The number of alkyl carbamates (subject to hydrolysis) is 1. The molecule has 37 heavy (non-hydrogen) atoms. The summed E-state index contributed by atoms with van der Waals surface area (Å²) < 4.78 is 46.9. The number of benzene rings is 1. The molecular weight excluding hydrogens is 489 g/mol. The van der Waals surface area contributed by atoms with Crippen molar-refractivity contribution in [2.45, 2.75) is 89.1 Å². The number of nitrogens with one attached hydrogen (secondary N) is 1. The summed E-state index contributed by atoms with van der Waals surface area (Å²) in [5.41, 5.74) is -1.33. The Morgan fingerprint density at radius 2 is 1.68 bits per heavy atom. The van der Waals surface area contributed by atoms with Crippen LogP contribution in [0.1, 0.15) is 69.7 Å². The topological polar surface area (TPSA) is 103 Å². The molecular formula is C26H31F3N4O4. The van der Waals surface area contributed by atoms with E-state index in [9.17, 15) is 32.8 Å². The molecule has 0 saturated carbocycles. The summed E-state index contributed by atoms with van der Waals surface area (Å²) in [5.74, 6) is -5.28.